The molecule has 166 valence electrons. The Labute approximate surface area is 185 Å². The average Bonchev–Trinajstić information content (AvgIpc) is 3.27. The molecule has 8 heteroatoms. The van der Waals surface area contributed by atoms with E-state index in [4.69, 9.17) is 9.47 Å². The minimum absolute atomic E-state index is 0.00325. The lowest BCUT2D eigenvalue weighted by Gasteiger charge is -2.25. The van der Waals surface area contributed by atoms with Gasteiger partial charge < -0.3 is 23.9 Å². The largest absolute Gasteiger partial charge is 0.505 e. The third kappa shape index (κ3) is 3.42. The van der Waals surface area contributed by atoms with Gasteiger partial charge in [-0.25, -0.2) is 4.98 Å². The van der Waals surface area contributed by atoms with Crippen molar-refractivity contribution < 1.29 is 24.2 Å². The van der Waals surface area contributed by atoms with Gasteiger partial charge in [0.15, 0.2) is 5.76 Å². The number of Topliss-reactive ketones (excluding diaryl/α,β-unsaturated/α-hetero) is 1. The van der Waals surface area contributed by atoms with E-state index in [0.29, 0.717) is 22.7 Å². The summed E-state index contributed by atoms with van der Waals surface area (Å²) in [6, 6.07) is 10.1. The first kappa shape index (κ1) is 21.6. The maximum atomic E-state index is 13.1. The molecule has 0 radical (unpaired) electrons. The minimum Gasteiger partial charge on any atom is -0.505 e. The Morgan fingerprint density at radius 3 is 2.62 bits per heavy atom. The number of nitrogens with zero attached hydrogens (tertiary/aromatic N) is 3. The van der Waals surface area contributed by atoms with Gasteiger partial charge in [-0.05, 0) is 43.2 Å². The summed E-state index contributed by atoms with van der Waals surface area (Å²) in [6.45, 7) is 4.19. The van der Waals surface area contributed by atoms with Gasteiger partial charge >= 0.3 is 0 Å². The Balaban J connectivity index is 1.94. The van der Waals surface area contributed by atoms with Crippen LogP contribution in [0.15, 0.2) is 48.2 Å². The van der Waals surface area contributed by atoms with Gasteiger partial charge in [0.2, 0.25) is 0 Å². The summed E-state index contributed by atoms with van der Waals surface area (Å²) < 4.78 is 12.3. The Bertz CT molecular complexity index is 1240. The highest BCUT2D eigenvalue weighted by molar-refractivity contribution is 6.46. The molecular weight excluding hydrogens is 410 g/mol. The Morgan fingerprint density at radius 2 is 1.94 bits per heavy atom. The Kier molecular flexibility index (Phi) is 5.71. The van der Waals surface area contributed by atoms with Crippen molar-refractivity contribution in [2.75, 3.05) is 27.4 Å². The van der Waals surface area contributed by atoms with Crippen LogP contribution in [0.3, 0.4) is 0 Å². The molecule has 1 aromatic carbocycles. The highest BCUT2D eigenvalue weighted by Crippen LogP contribution is 2.40. The van der Waals surface area contributed by atoms with Crippen molar-refractivity contribution in [3.05, 3.63) is 70.7 Å². The number of methoxy groups -OCH3 is 2. The van der Waals surface area contributed by atoms with E-state index in [0.717, 1.165) is 5.56 Å². The zero-order valence-corrected chi connectivity index (χ0v) is 18.5. The molecule has 1 amide bonds. The van der Waals surface area contributed by atoms with Crippen LogP contribution < -0.4 is 4.74 Å². The number of likely N-dealkylation sites (tertiary alicyclic amines) is 1. The number of amides is 1. The second-order valence-electron chi connectivity index (χ2n) is 7.69. The molecule has 2 aromatic heterocycles. The van der Waals surface area contributed by atoms with Gasteiger partial charge in [0, 0.05) is 19.9 Å². The standard InChI is InChI=1S/C24H25N3O5/c1-14-7-6-10-26-15(2)19(25-23(14)26)21(28)18-20(16-8-5-9-17(13-16)32-4)27(11-12-31-3)24(30)22(18)29/h5-10,13,20,28H,11-12H2,1-4H3/b21-18+. The third-order valence-electron chi connectivity index (χ3n) is 5.79. The van der Waals surface area contributed by atoms with Crippen molar-refractivity contribution in [2.24, 2.45) is 0 Å². The summed E-state index contributed by atoms with van der Waals surface area (Å²) in [5.74, 6) is -1.15. The van der Waals surface area contributed by atoms with Crippen molar-refractivity contribution in [3.63, 3.8) is 0 Å². The number of hydrogen-bond acceptors (Lipinski definition) is 6. The maximum Gasteiger partial charge on any atom is 0.295 e. The monoisotopic (exact) mass is 435 g/mol. The third-order valence-corrected chi connectivity index (χ3v) is 5.79. The molecule has 1 N–H and O–H groups in total. The van der Waals surface area contributed by atoms with E-state index in [-0.39, 0.29) is 30.2 Å². The van der Waals surface area contributed by atoms with Crippen LogP contribution in [0.4, 0.5) is 0 Å². The number of aryl methyl sites for hydroxylation is 2. The normalized spacial score (nSPS) is 18.0. The lowest BCUT2D eigenvalue weighted by atomic mass is 9.96. The van der Waals surface area contributed by atoms with Crippen molar-refractivity contribution >= 4 is 23.1 Å². The predicted octanol–water partition coefficient (Wildman–Crippen LogP) is 3.03. The summed E-state index contributed by atoms with van der Waals surface area (Å²) in [6.07, 6.45) is 1.85. The lowest BCUT2D eigenvalue weighted by Crippen LogP contribution is -2.32. The molecule has 1 fully saturated rings. The van der Waals surface area contributed by atoms with Crippen LogP contribution in [0.25, 0.3) is 11.4 Å². The first-order valence-electron chi connectivity index (χ1n) is 10.2. The van der Waals surface area contributed by atoms with Gasteiger partial charge in [0.25, 0.3) is 11.7 Å². The first-order chi connectivity index (χ1) is 15.4. The SMILES string of the molecule is COCCN1C(=O)C(=O)/C(=C(/O)c2nc3c(C)cccn3c2C)C1c1cccc(OC)c1. The molecule has 8 nitrogen and oxygen atoms in total. The van der Waals surface area contributed by atoms with Crippen LogP contribution in [-0.4, -0.2) is 58.5 Å². The summed E-state index contributed by atoms with van der Waals surface area (Å²) >= 11 is 0. The zero-order valence-electron chi connectivity index (χ0n) is 18.5. The number of carbonyl (C=O) groups is 2. The number of carbonyl (C=O) groups excluding carboxylic acids is 2. The summed E-state index contributed by atoms with van der Waals surface area (Å²) in [7, 11) is 3.07. The molecule has 0 aliphatic carbocycles. The van der Waals surface area contributed by atoms with Crippen LogP contribution in [0, 0.1) is 13.8 Å². The fourth-order valence-electron chi connectivity index (χ4n) is 4.13. The second-order valence-corrected chi connectivity index (χ2v) is 7.69. The number of aromatic nitrogens is 2. The van der Waals surface area contributed by atoms with Gasteiger partial charge in [-0.15, -0.1) is 0 Å². The van der Waals surface area contributed by atoms with Crippen LogP contribution >= 0.6 is 0 Å². The molecule has 3 aromatic rings. The van der Waals surface area contributed by atoms with Gasteiger partial charge in [-0.2, -0.15) is 0 Å². The van der Waals surface area contributed by atoms with Crippen LogP contribution in [-0.2, 0) is 14.3 Å². The fraction of sp³-hybridized carbons (Fsp3) is 0.292. The summed E-state index contributed by atoms with van der Waals surface area (Å²) in [4.78, 5) is 32.0. The first-order valence-corrected chi connectivity index (χ1v) is 10.2. The molecule has 32 heavy (non-hydrogen) atoms. The number of benzene rings is 1. The molecule has 1 aliphatic rings. The molecule has 1 aliphatic heterocycles. The second kappa shape index (κ2) is 8.47. The maximum absolute atomic E-state index is 13.1. The van der Waals surface area contributed by atoms with E-state index in [1.54, 1.807) is 31.4 Å². The highest BCUT2D eigenvalue weighted by Gasteiger charge is 2.46. The molecule has 3 heterocycles. The number of ether oxygens (including phenoxy) is 2. The van der Waals surface area contributed by atoms with Crippen molar-refractivity contribution in [1.82, 2.24) is 14.3 Å². The fourth-order valence-corrected chi connectivity index (χ4v) is 4.13. The smallest absolute Gasteiger partial charge is 0.295 e. The molecular formula is C24H25N3O5. The van der Waals surface area contributed by atoms with E-state index < -0.39 is 17.7 Å². The van der Waals surface area contributed by atoms with Crippen molar-refractivity contribution in [1.29, 1.82) is 0 Å². The van der Waals surface area contributed by atoms with Gasteiger partial charge in [-0.3, -0.25) is 9.59 Å². The van der Waals surface area contributed by atoms with Crippen LogP contribution in [0.2, 0.25) is 0 Å². The molecule has 0 spiro atoms. The number of rotatable bonds is 6. The van der Waals surface area contributed by atoms with Crippen molar-refractivity contribution in [2.45, 2.75) is 19.9 Å². The van der Waals surface area contributed by atoms with E-state index in [9.17, 15) is 14.7 Å². The number of fused-ring (bicyclic) bond motifs is 1. The molecule has 4 rings (SSSR count). The Morgan fingerprint density at radius 1 is 1.16 bits per heavy atom. The van der Waals surface area contributed by atoms with E-state index in [1.807, 2.05) is 36.6 Å². The van der Waals surface area contributed by atoms with Gasteiger partial charge in [-0.1, -0.05) is 18.2 Å². The number of hydrogen-bond donors (Lipinski definition) is 1. The molecule has 1 saturated heterocycles. The predicted molar refractivity (Wildman–Crippen MR) is 119 cm³/mol. The number of imidazole rings is 1. The molecule has 1 unspecified atom stereocenters. The number of aliphatic hydroxyl groups excluding tert-OH is 1. The van der Waals surface area contributed by atoms with Gasteiger partial charge in [0.05, 0.1) is 31.0 Å². The minimum atomic E-state index is -0.787. The highest BCUT2D eigenvalue weighted by atomic mass is 16.5. The van der Waals surface area contributed by atoms with Gasteiger partial charge in [0.1, 0.15) is 17.1 Å². The number of pyridine rings is 1. The molecule has 1 atom stereocenters. The summed E-state index contributed by atoms with van der Waals surface area (Å²) in [5.41, 5.74) is 3.21. The van der Waals surface area contributed by atoms with E-state index in [1.165, 1.54) is 12.0 Å². The van der Waals surface area contributed by atoms with Crippen molar-refractivity contribution in [3.8, 4) is 5.75 Å². The lowest BCUT2D eigenvalue weighted by molar-refractivity contribution is -0.140. The number of aliphatic hydroxyl groups is 1. The average molecular weight is 435 g/mol. The number of ketones is 1. The quantitative estimate of drug-likeness (QED) is 0.363. The van der Waals surface area contributed by atoms with Crippen LogP contribution in [0.5, 0.6) is 5.75 Å². The van der Waals surface area contributed by atoms with E-state index in [2.05, 4.69) is 4.98 Å². The summed E-state index contributed by atoms with van der Waals surface area (Å²) in [5, 5.41) is 11.3. The Hall–Kier alpha value is -3.65. The molecule has 0 bridgehead atoms. The van der Waals surface area contributed by atoms with Crippen LogP contribution in [0.1, 0.15) is 28.6 Å². The zero-order chi connectivity index (χ0) is 23.0. The molecule has 0 saturated carbocycles. The topological polar surface area (TPSA) is 93.4 Å². The van der Waals surface area contributed by atoms with E-state index >= 15 is 0 Å².